The van der Waals surface area contributed by atoms with Crippen molar-refractivity contribution in [1.82, 2.24) is 4.98 Å². The van der Waals surface area contributed by atoms with E-state index in [4.69, 9.17) is 4.42 Å². The van der Waals surface area contributed by atoms with Crippen LogP contribution in [0.2, 0.25) is 0 Å². The van der Waals surface area contributed by atoms with Crippen molar-refractivity contribution in [2.45, 2.75) is 40.0 Å². The molecule has 7 nitrogen and oxygen atoms in total. The van der Waals surface area contributed by atoms with E-state index in [1.807, 2.05) is 24.3 Å². The highest BCUT2D eigenvalue weighted by molar-refractivity contribution is 6.10. The van der Waals surface area contributed by atoms with Crippen molar-refractivity contribution in [2.75, 3.05) is 10.6 Å². The first-order chi connectivity index (χ1) is 17.5. The van der Waals surface area contributed by atoms with Crippen LogP contribution in [-0.2, 0) is 10.2 Å². The fraction of sp³-hybridized carbons (Fsp3) is 0.200. The molecule has 0 saturated heterocycles. The standard InChI is InChI=1S/C30H29N3O4/c1-18(34)24-8-6-7-9-25(24)32-28(36)26-27(20-12-16-23(17-13-20)31-19(2)35)37-29(33-26)21-10-14-22(15-11-21)30(3,4)5/h6-17H,1-5H3,(H,31,35)(H,32,36). The second-order valence-corrected chi connectivity index (χ2v) is 9.84. The lowest BCUT2D eigenvalue weighted by Crippen LogP contribution is -2.15. The predicted molar refractivity (Wildman–Crippen MR) is 145 cm³/mol. The number of nitrogens with zero attached hydrogens (tertiary/aromatic N) is 1. The zero-order chi connectivity index (χ0) is 26.7. The van der Waals surface area contributed by atoms with Gasteiger partial charge in [0.25, 0.3) is 5.91 Å². The molecule has 0 aliphatic carbocycles. The number of amides is 2. The van der Waals surface area contributed by atoms with E-state index in [1.165, 1.54) is 13.8 Å². The number of hydrogen-bond acceptors (Lipinski definition) is 5. The summed E-state index contributed by atoms with van der Waals surface area (Å²) in [6.45, 7) is 9.29. The lowest BCUT2D eigenvalue weighted by molar-refractivity contribution is -0.114. The molecule has 2 amide bonds. The number of aromatic nitrogens is 1. The maximum absolute atomic E-state index is 13.4. The summed E-state index contributed by atoms with van der Waals surface area (Å²) < 4.78 is 6.14. The number of oxazole rings is 1. The van der Waals surface area contributed by atoms with Gasteiger partial charge in [0.05, 0.1) is 5.69 Å². The van der Waals surface area contributed by atoms with E-state index in [2.05, 4.69) is 36.4 Å². The molecule has 7 heteroatoms. The van der Waals surface area contributed by atoms with Crippen molar-refractivity contribution >= 4 is 29.0 Å². The zero-order valence-electron chi connectivity index (χ0n) is 21.5. The Morgan fingerprint density at radius 3 is 2.00 bits per heavy atom. The average Bonchev–Trinajstić information content (AvgIpc) is 3.30. The number of anilines is 2. The van der Waals surface area contributed by atoms with Crippen LogP contribution in [0.25, 0.3) is 22.8 Å². The van der Waals surface area contributed by atoms with Gasteiger partial charge in [0.15, 0.2) is 17.2 Å². The molecule has 2 N–H and O–H groups in total. The fourth-order valence-electron chi connectivity index (χ4n) is 3.89. The summed E-state index contributed by atoms with van der Waals surface area (Å²) in [5.74, 6) is -0.272. The smallest absolute Gasteiger partial charge is 0.278 e. The van der Waals surface area contributed by atoms with E-state index in [0.29, 0.717) is 28.4 Å². The lowest BCUT2D eigenvalue weighted by atomic mass is 9.87. The number of carbonyl (C=O) groups excluding carboxylic acids is 3. The Morgan fingerprint density at radius 2 is 1.41 bits per heavy atom. The number of rotatable bonds is 6. The monoisotopic (exact) mass is 495 g/mol. The summed E-state index contributed by atoms with van der Waals surface area (Å²) in [6.07, 6.45) is 0. The Bertz CT molecular complexity index is 1460. The Labute approximate surface area is 215 Å². The van der Waals surface area contributed by atoms with Gasteiger partial charge in [0.2, 0.25) is 11.8 Å². The molecule has 0 bridgehead atoms. The molecule has 0 spiro atoms. The van der Waals surface area contributed by atoms with Crippen LogP contribution < -0.4 is 10.6 Å². The van der Waals surface area contributed by atoms with Crippen LogP contribution in [0.5, 0.6) is 0 Å². The highest BCUT2D eigenvalue weighted by Crippen LogP contribution is 2.33. The number of ketones is 1. The van der Waals surface area contributed by atoms with Gasteiger partial charge in [-0.25, -0.2) is 4.98 Å². The maximum atomic E-state index is 13.4. The Balaban J connectivity index is 1.76. The Kier molecular flexibility index (Phi) is 7.07. The highest BCUT2D eigenvalue weighted by atomic mass is 16.4. The molecular weight excluding hydrogens is 466 g/mol. The molecule has 0 radical (unpaired) electrons. The van der Waals surface area contributed by atoms with Crippen molar-refractivity contribution in [3.8, 4) is 22.8 Å². The van der Waals surface area contributed by atoms with Crippen LogP contribution in [-0.4, -0.2) is 22.6 Å². The molecule has 3 aromatic carbocycles. The molecule has 0 saturated carbocycles. The predicted octanol–water partition coefficient (Wildman–Crippen LogP) is 6.72. The molecule has 4 aromatic rings. The van der Waals surface area contributed by atoms with Gasteiger partial charge < -0.3 is 15.1 Å². The molecule has 0 aliphatic heterocycles. The number of para-hydroxylation sites is 1. The third kappa shape index (κ3) is 5.83. The van der Waals surface area contributed by atoms with E-state index in [0.717, 1.165) is 11.1 Å². The van der Waals surface area contributed by atoms with E-state index in [1.54, 1.807) is 48.5 Å². The van der Waals surface area contributed by atoms with E-state index in [9.17, 15) is 14.4 Å². The van der Waals surface area contributed by atoms with Gasteiger partial charge in [0.1, 0.15) is 0 Å². The molecule has 1 heterocycles. The molecule has 0 unspecified atom stereocenters. The van der Waals surface area contributed by atoms with Gasteiger partial charge in [-0.15, -0.1) is 0 Å². The molecule has 4 rings (SSSR count). The Morgan fingerprint density at radius 1 is 0.784 bits per heavy atom. The molecule has 188 valence electrons. The zero-order valence-corrected chi connectivity index (χ0v) is 21.5. The maximum Gasteiger partial charge on any atom is 0.278 e. The third-order valence-electron chi connectivity index (χ3n) is 5.86. The first kappa shape index (κ1) is 25.6. The van der Waals surface area contributed by atoms with Crippen LogP contribution in [0.3, 0.4) is 0 Å². The Hall–Kier alpha value is -4.52. The molecular formula is C30H29N3O4. The highest BCUT2D eigenvalue weighted by Gasteiger charge is 2.24. The molecule has 0 atom stereocenters. The van der Waals surface area contributed by atoms with Crippen LogP contribution in [0.1, 0.15) is 61.0 Å². The number of Topliss-reactive ketones (excluding diaryl/α,β-unsaturated/α-hetero) is 1. The number of hydrogen-bond donors (Lipinski definition) is 2. The lowest BCUT2D eigenvalue weighted by Gasteiger charge is -2.18. The van der Waals surface area contributed by atoms with Gasteiger partial charge in [0, 0.05) is 29.3 Å². The first-order valence-electron chi connectivity index (χ1n) is 11.9. The van der Waals surface area contributed by atoms with Crippen LogP contribution in [0.15, 0.2) is 77.2 Å². The SMILES string of the molecule is CC(=O)Nc1ccc(-c2oc(-c3ccc(C(C)(C)C)cc3)nc2C(=O)Nc2ccccc2C(C)=O)cc1. The number of nitrogens with one attached hydrogen (secondary N) is 2. The van der Waals surface area contributed by atoms with Gasteiger partial charge in [-0.3, -0.25) is 14.4 Å². The minimum Gasteiger partial charge on any atom is -0.435 e. The summed E-state index contributed by atoms with van der Waals surface area (Å²) in [5, 5.41) is 5.53. The van der Waals surface area contributed by atoms with Crippen LogP contribution in [0, 0.1) is 0 Å². The molecule has 37 heavy (non-hydrogen) atoms. The second-order valence-electron chi connectivity index (χ2n) is 9.84. The van der Waals surface area contributed by atoms with Gasteiger partial charge >= 0.3 is 0 Å². The van der Waals surface area contributed by atoms with Gasteiger partial charge in [-0.2, -0.15) is 0 Å². The van der Waals surface area contributed by atoms with Gasteiger partial charge in [-0.05, 0) is 66.4 Å². The third-order valence-corrected chi connectivity index (χ3v) is 5.86. The van der Waals surface area contributed by atoms with Crippen molar-refractivity contribution in [3.63, 3.8) is 0 Å². The number of benzene rings is 3. The largest absolute Gasteiger partial charge is 0.435 e. The van der Waals surface area contributed by atoms with Crippen molar-refractivity contribution in [3.05, 3.63) is 89.6 Å². The average molecular weight is 496 g/mol. The number of carbonyl (C=O) groups is 3. The summed E-state index contributed by atoms with van der Waals surface area (Å²) in [6, 6.07) is 21.6. The first-order valence-corrected chi connectivity index (χ1v) is 11.9. The second kappa shape index (κ2) is 10.2. The minimum absolute atomic E-state index is 0.00884. The quantitative estimate of drug-likeness (QED) is 0.289. The van der Waals surface area contributed by atoms with Crippen LogP contribution >= 0.6 is 0 Å². The van der Waals surface area contributed by atoms with Crippen molar-refractivity contribution in [1.29, 1.82) is 0 Å². The van der Waals surface area contributed by atoms with E-state index >= 15 is 0 Å². The van der Waals surface area contributed by atoms with Crippen LogP contribution in [0.4, 0.5) is 11.4 Å². The summed E-state index contributed by atoms with van der Waals surface area (Å²) >= 11 is 0. The molecule has 1 aromatic heterocycles. The summed E-state index contributed by atoms with van der Waals surface area (Å²) in [4.78, 5) is 41.4. The van der Waals surface area contributed by atoms with Crippen molar-refractivity contribution < 1.29 is 18.8 Å². The minimum atomic E-state index is -0.504. The normalized spacial score (nSPS) is 11.2. The summed E-state index contributed by atoms with van der Waals surface area (Å²) in [5.41, 5.74) is 4.00. The molecule has 0 fully saturated rings. The topological polar surface area (TPSA) is 101 Å². The summed E-state index contributed by atoms with van der Waals surface area (Å²) in [7, 11) is 0. The van der Waals surface area contributed by atoms with E-state index < -0.39 is 5.91 Å². The van der Waals surface area contributed by atoms with Crippen molar-refractivity contribution in [2.24, 2.45) is 0 Å². The fourth-order valence-corrected chi connectivity index (χ4v) is 3.89. The van der Waals surface area contributed by atoms with E-state index in [-0.39, 0.29) is 28.6 Å². The molecule has 0 aliphatic rings. The van der Waals surface area contributed by atoms with Gasteiger partial charge in [-0.1, -0.05) is 45.0 Å².